The highest BCUT2D eigenvalue weighted by Gasteiger charge is 2.06. The molecule has 0 aromatic heterocycles. The molecule has 30 heavy (non-hydrogen) atoms. The molecule has 0 saturated carbocycles. The molecule has 0 heterocycles. The normalized spacial score (nSPS) is 11.7. The van der Waals surface area contributed by atoms with Crippen molar-refractivity contribution in [1.82, 2.24) is 0 Å². The molecule has 0 saturated heterocycles. The van der Waals surface area contributed by atoms with Gasteiger partial charge in [0.05, 0.1) is 7.11 Å². The van der Waals surface area contributed by atoms with Gasteiger partial charge in [0, 0.05) is 6.42 Å². The van der Waals surface area contributed by atoms with Crippen molar-refractivity contribution in [2.45, 2.75) is 77.7 Å². The Morgan fingerprint density at radius 1 is 0.933 bits per heavy atom. The van der Waals surface area contributed by atoms with Crippen LogP contribution in [0.3, 0.4) is 0 Å². The minimum absolute atomic E-state index is 0.0790. The Balaban J connectivity index is 1.98. The Labute approximate surface area is 182 Å². The van der Waals surface area contributed by atoms with Gasteiger partial charge >= 0.3 is 5.97 Å². The Kier molecular flexibility index (Phi) is 14.8. The molecular weight excluding hydrogens is 376 g/mol. The molecule has 0 atom stereocenters. The van der Waals surface area contributed by atoms with Crippen molar-refractivity contribution in [1.29, 1.82) is 0 Å². The second-order valence-corrected chi connectivity index (χ2v) is 7.27. The first-order valence-corrected chi connectivity index (χ1v) is 11.1. The molecule has 0 aliphatic heterocycles. The number of allylic oxidation sites excluding steroid dienone is 6. The fourth-order valence-electron chi connectivity index (χ4n) is 2.94. The molecule has 1 N–H and O–H groups in total. The van der Waals surface area contributed by atoms with Gasteiger partial charge in [-0.05, 0) is 56.2 Å². The van der Waals surface area contributed by atoms with Gasteiger partial charge in [-0.15, -0.1) is 0 Å². The number of unbranched alkanes of at least 4 members (excludes halogenated alkanes) is 5. The van der Waals surface area contributed by atoms with Crippen LogP contribution in [-0.4, -0.2) is 18.2 Å². The summed E-state index contributed by atoms with van der Waals surface area (Å²) in [5, 5.41) is 9.57. The summed E-state index contributed by atoms with van der Waals surface area (Å²) in [6.07, 6.45) is 23.5. The lowest BCUT2D eigenvalue weighted by Crippen LogP contribution is -2.04. The van der Waals surface area contributed by atoms with Crippen molar-refractivity contribution in [3.8, 4) is 11.5 Å². The van der Waals surface area contributed by atoms with Gasteiger partial charge < -0.3 is 14.6 Å². The van der Waals surface area contributed by atoms with Crippen LogP contribution < -0.4 is 4.74 Å². The molecule has 1 aromatic carbocycles. The summed E-state index contributed by atoms with van der Waals surface area (Å²) in [7, 11) is 1.49. The molecular formula is C26H38O4. The predicted molar refractivity (Wildman–Crippen MR) is 124 cm³/mol. The average Bonchev–Trinajstić information content (AvgIpc) is 2.75. The third kappa shape index (κ3) is 12.9. The first-order valence-electron chi connectivity index (χ1n) is 11.1. The summed E-state index contributed by atoms with van der Waals surface area (Å²) >= 11 is 0. The van der Waals surface area contributed by atoms with Crippen LogP contribution in [0.15, 0.2) is 54.7 Å². The van der Waals surface area contributed by atoms with Crippen molar-refractivity contribution in [2.75, 3.05) is 7.11 Å². The number of hydrogen-bond donors (Lipinski definition) is 1. The minimum atomic E-state index is -0.178. The summed E-state index contributed by atoms with van der Waals surface area (Å²) < 4.78 is 10.3. The number of carbonyl (C=O) groups excluding carboxylic acids is 1. The summed E-state index contributed by atoms with van der Waals surface area (Å²) in [6, 6.07) is 4.94. The molecule has 0 radical (unpaired) electrons. The van der Waals surface area contributed by atoms with Crippen LogP contribution in [0.1, 0.15) is 76.7 Å². The number of phenolic OH excluding ortho intramolecular Hbond substituents is 1. The zero-order valence-corrected chi connectivity index (χ0v) is 18.6. The van der Waals surface area contributed by atoms with Crippen molar-refractivity contribution >= 4 is 5.97 Å². The standard InChI is InChI=1S/C26H38O4/c1-3-4-5-6-7-8-9-10-11-12-13-14-15-16-17-18-26(28)30-22-23-19-20-24(27)25(21-23)29-2/h4-5,7-8,10-11,19-21,27H,3,6,9,12-18,22H2,1-2H3/b5-4-,8-7-,11-10-. The zero-order chi connectivity index (χ0) is 21.9. The number of benzene rings is 1. The highest BCUT2D eigenvalue weighted by atomic mass is 16.5. The number of methoxy groups -OCH3 is 1. The van der Waals surface area contributed by atoms with Crippen molar-refractivity contribution in [2.24, 2.45) is 0 Å². The maximum atomic E-state index is 11.9. The minimum Gasteiger partial charge on any atom is -0.504 e. The highest BCUT2D eigenvalue weighted by Crippen LogP contribution is 2.26. The van der Waals surface area contributed by atoms with Gasteiger partial charge in [-0.25, -0.2) is 0 Å². The van der Waals surface area contributed by atoms with Crippen LogP contribution in [0.5, 0.6) is 11.5 Å². The molecule has 4 nitrogen and oxygen atoms in total. The fraction of sp³-hybridized carbons (Fsp3) is 0.500. The number of aromatic hydroxyl groups is 1. The number of carbonyl (C=O) groups is 1. The number of phenols is 1. The maximum absolute atomic E-state index is 11.9. The fourth-order valence-corrected chi connectivity index (χ4v) is 2.94. The van der Waals surface area contributed by atoms with Gasteiger partial charge in [-0.3, -0.25) is 4.79 Å². The van der Waals surface area contributed by atoms with E-state index in [1.54, 1.807) is 18.2 Å². The van der Waals surface area contributed by atoms with Crippen molar-refractivity contribution in [3.05, 3.63) is 60.2 Å². The van der Waals surface area contributed by atoms with Crippen molar-refractivity contribution in [3.63, 3.8) is 0 Å². The summed E-state index contributed by atoms with van der Waals surface area (Å²) in [4.78, 5) is 11.9. The molecule has 0 unspecified atom stereocenters. The molecule has 0 amide bonds. The largest absolute Gasteiger partial charge is 0.504 e. The van der Waals surface area contributed by atoms with Crippen LogP contribution in [-0.2, 0) is 16.1 Å². The number of hydrogen-bond acceptors (Lipinski definition) is 4. The smallest absolute Gasteiger partial charge is 0.306 e. The van der Waals surface area contributed by atoms with E-state index in [2.05, 4.69) is 43.4 Å². The van der Waals surface area contributed by atoms with E-state index in [1.807, 2.05) is 0 Å². The van der Waals surface area contributed by atoms with Crippen LogP contribution in [0.2, 0.25) is 0 Å². The quantitative estimate of drug-likeness (QED) is 0.179. The maximum Gasteiger partial charge on any atom is 0.306 e. The molecule has 166 valence electrons. The Bertz CT molecular complexity index is 674. The Morgan fingerprint density at radius 2 is 1.60 bits per heavy atom. The van der Waals surface area contributed by atoms with E-state index in [1.165, 1.54) is 20.0 Å². The van der Waals surface area contributed by atoms with E-state index in [9.17, 15) is 9.90 Å². The third-order valence-electron chi connectivity index (χ3n) is 4.68. The lowest BCUT2D eigenvalue weighted by atomic mass is 10.1. The predicted octanol–water partition coefficient (Wildman–Crippen LogP) is 7.03. The second-order valence-electron chi connectivity index (χ2n) is 7.27. The van der Waals surface area contributed by atoms with E-state index in [4.69, 9.17) is 9.47 Å². The highest BCUT2D eigenvalue weighted by molar-refractivity contribution is 5.69. The number of rotatable bonds is 16. The van der Waals surface area contributed by atoms with E-state index < -0.39 is 0 Å². The third-order valence-corrected chi connectivity index (χ3v) is 4.68. The monoisotopic (exact) mass is 414 g/mol. The van der Waals surface area contributed by atoms with E-state index in [-0.39, 0.29) is 18.3 Å². The number of ether oxygens (including phenoxy) is 2. The first-order chi connectivity index (χ1) is 14.7. The Morgan fingerprint density at radius 3 is 2.33 bits per heavy atom. The van der Waals surface area contributed by atoms with Crippen LogP contribution in [0.25, 0.3) is 0 Å². The summed E-state index contributed by atoms with van der Waals surface area (Å²) in [6.45, 7) is 2.35. The molecule has 1 rings (SSSR count). The van der Waals surface area contributed by atoms with Gasteiger partial charge in [0.1, 0.15) is 6.61 Å². The van der Waals surface area contributed by atoms with E-state index in [0.29, 0.717) is 12.2 Å². The average molecular weight is 415 g/mol. The van der Waals surface area contributed by atoms with E-state index >= 15 is 0 Å². The first kappa shape index (κ1) is 25.5. The van der Waals surface area contributed by atoms with E-state index in [0.717, 1.165) is 50.5 Å². The van der Waals surface area contributed by atoms with Crippen molar-refractivity contribution < 1.29 is 19.4 Å². The molecule has 1 aromatic rings. The molecule has 4 heteroatoms. The van der Waals surface area contributed by atoms with Crippen LogP contribution in [0.4, 0.5) is 0 Å². The number of esters is 1. The summed E-state index contributed by atoms with van der Waals surface area (Å²) in [5.41, 5.74) is 0.801. The van der Waals surface area contributed by atoms with Crippen LogP contribution >= 0.6 is 0 Å². The summed E-state index contributed by atoms with van der Waals surface area (Å²) in [5.74, 6) is 0.285. The molecule has 0 fully saturated rings. The van der Waals surface area contributed by atoms with Crippen LogP contribution in [0, 0.1) is 0 Å². The zero-order valence-electron chi connectivity index (χ0n) is 18.6. The van der Waals surface area contributed by atoms with Gasteiger partial charge in [-0.2, -0.15) is 0 Å². The molecule has 0 bridgehead atoms. The lowest BCUT2D eigenvalue weighted by molar-refractivity contribution is -0.145. The van der Waals surface area contributed by atoms with Gasteiger partial charge in [0.25, 0.3) is 0 Å². The lowest BCUT2D eigenvalue weighted by Gasteiger charge is -2.08. The molecule has 0 spiro atoms. The Hall–Kier alpha value is -2.49. The SMILES string of the molecule is CC/C=C\C/C=C\C/C=C\CCCCCCCC(=O)OCc1ccc(O)c(OC)c1. The van der Waals surface area contributed by atoms with Gasteiger partial charge in [0.15, 0.2) is 11.5 Å². The van der Waals surface area contributed by atoms with Gasteiger partial charge in [0.2, 0.25) is 0 Å². The molecule has 0 aliphatic carbocycles. The topological polar surface area (TPSA) is 55.8 Å². The second kappa shape index (κ2) is 17.4. The molecule has 0 aliphatic rings. The van der Waals surface area contributed by atoms with Gasteiger partial charge in [-0.1, -0.05) is 68.7 Å².